The molecule has 8 rings (SSSR count). The molecule has 0 aliphatic rings. The van der Waals surface area contributed by atoms with Crippen LogP contribution >= 0.6 is 23.2 Å². The number of rotatable bonds is 13. The predicted octanol–water partition coefficient (Wildman–Crippen LogP) is 8.33. The number of unbranched alkanes of at least 4 members (excludes halogenated alkanes) is 2. The van der Waals surface area contributed by atoms with E-state index in [0.29, 0.717) is 34.1 Å². The van der Waals surface area contributed by atoms with Crippen LogP contribution in [0.1, 0.15) is 67.1 Å². The molecule has 0 saturated carbocycles. The third kappa shape index (κ3) is 11.8. The van der Waals surface area contributed by atoms with E-state index in [-0.39, 0.29) is 57.2 Å². The fourth-order valence-electron chi connectivity index (χ4n) is 6.77. The highest BCUT2D eigenvalue weighted by molar-refractivity contribution is 6.30. The molecular formula is C48H44Cl2F2N8O8. The van der Waals surface area contributed by atoms with E-state index in [4.69, 9.17) is 32.7 Å². The first kappa shape index (κ1) is 50.0. The summed E-state index contributed by atoms with van der Waals surface area (Å²) < 4.78 is 43.2. The second-order valence-electron chi connectivity index (χ2n) is 15.1. The predicted molar refractivity (Wildman–Crippen MR) is 253 cm³/mol. The van der Waals surface area contributed by atoms with E-state index in [1.54, 1.807) is 55.6 Å². The van der Waals surface area contributed by atoms with Gasteiger partial charge in [-0.15, -0.1) is 0 Å². The Morgan fingerprint density at radius 2 is 1.16 bits per heavy atom. The summed E-state index contributed by atoms with van der Waals surface area (Å²) in [5.74, 6) is -0.608. The quantitative estimate of drug-likeness (QED) is 0.109. The van der Waals surface area contributed by atoms with E-state index >= 15 is 0 Å². The summed E-state index contributed by atoms with van der Waals surface area (Å²) >= 11 is 11.5. The number of hydrogen-bond donors (Lipinski definition) is 1. The summed E-state index contributed by atoms with van der Waals surface area (Å²) in [6, 6.07) is 17.0. The lowest BCUT2D eigenvalue weighted by Gasteiger charge is -2.20. The molecule has 1 N–H and O–H groups in total. The van der Waals surface area contributed by atoms with Crippen LogP contribution in [0.5, 0.6) is 23.0 Å². The number of aldehydes is 1. The van der Waals surface area contributed by atoms with Crippen molar-refractivity contribution < 1.29 is 28.2 Å². The van der Waals surface area contributed by atoms with Crippen molar-refractivity contribution >= 4 is 51.6 Å². The third-order valence-corrected chi connectivity index (χ3v) is 10.8. The van der Waals surface area contributed by atoms with Gasteiger partial charge in [0.15, 0.2) is 5.75 Å². The maximum atomic E-state index is 13.7. The van der Waals surface area contributed by atoms with Crippen molar-refractivity contribution in [1.82, 2.24) is 38.2 Å². The highest BCUT2D eigenvalue weighted by atomic mass is 35.5. The molecule has 0 amide bonds. The molecule has 68 heavy (non-hydrogen) atoms. The second-order valence-corrected chi connectivity index (χ2v) is 16.0. The van der Waals surface area contributed by atoms with Crippen molar-refractivity contribution in [1.29, 1.82) is 0 Å². The lowest BCUT2D eigenvalue weighted by Crippen LogP contribution is -2.40. The molecule has 6 aromatic heterocycles. The van der Waals surface area contributed by atoms with Crippen LogP contribution in [-0.4, -0.2) is 49.6 Å². The molecule has 0 saturated heterocycles. The zero-order valence-electron chi connectivity index (χ0n) is 37.1. The van der Waals surface area contributed by atoms with Gasteiger partial charge in [0.2, 0.25) is 0 Å². The number of halogens is 4. The number of aromatic nitrogens is 8. The molecule has 1 unspecified atom stereocenters. The minimum atomic E-state index is -1.33. The Hall–Kier alpha value is -7.41. The average Bonchev–Trinajstić information content (AvgIpc) is 3.33. The summed E-state index contributed by atoms with van der Waals surface area (Å²) in [6.07, 6.45) is 9.85. The highest BCUT2D eigenvalue weighted by Crippen LogP contribution is 2.36. The third-order valence-electron chi connectivity index (χ3n) is 10.3. The number of pyridine rings is 4. The van der Waals surface area contributed by atoms with Crippen LogP contribution in [0.15, 0.2) is 123 Å². The summed E-state index contributed by atoms with van der Waals surface area (Å²) in [5, 5.41) is 12.8. The molecule has 0 bridgehead atoms. The lowest BCUT2D eigenvalue weighted by atomic mass is 9.98. The maximum Gasteiger partial charge on any atom is 0.332 e. The number of aryl methyl sites for hydroxylation is 2. The van der Waals surface area contributed by atoms with Gasteiger partial charge in [0.1, 0.15) is 52.6 Å². The van der Waals surface area contributed by atoms with Crippen LogP contribution in [0.3, 0.4) is 0 Å². The van der Waals surface area contributed by atoms with E-state index < -0.39 is 40.2 Å². The Balaban J connectivity index is 0.000000195. The molecule has 0 aliphatic carbocycles. The van der Waals surface area contributed by atoms with E-state index in [9.17, 15) is 37.9 Å². The van der Waals surface area contributed by atoms with Gasteiger partial charge in [-0.25, -0.2) is 28.3 Å². The van der Waals surface area contributed by atoms with Crippen molar-refractivity contribution in [3.05, 3.63) is 184 Å². The summed E-state index contributed by atoms with van der Waals surface area (Å²) in [7, 11) is 3.08. The molecule has 0 radical (unpaired) electrons. The highest BCUT2D eigenvalue weighted by Gasteiger charge is 2.26. The van der Waals surface area contributed by atoms with Gasteiger partial charge in [-0.1, -0.05) is 74.2 Å². The SMILES string of the molecule is CCCCn1c(=O)c2c(C(O)c3ccc(Cl)cc3)c(Oc3cncc(F)c3)cnc2n(C)c1=O.CCCCn1c(=O)c2cc(Oc3cncc(F)c3)cnc2n(C)c1=O.O=Cc1ccc(Cl)cc1. The van der Waals surface area contributed by atoms with Crippen LogP contribution in [0.4, 0.5) is 8.78 Å². The van der Waals surface area contributed by atoms with Crippen LogP contribution < -0.4 is 32.0 Å². The number of hydrogen-bond acceptors (Lipinski definition) is 12. The fraction of sp³-hybridized carbons (Fsp3) is 0.229. The van der Waals surface area contributed by atoms with Gasteiger partial charge >= 0.3 is 11.4 Å². The number of benzene rings is 2. The molecule has 0 fully saturated rings. The molecular weight excluding hydrogens is 925 g/mol. The number of aliphatic hydroxyl groups excluding tert-OH is 1. The zero-order chi connectivity index (χ0) is 49.1. The van der Waals surface area contributed by atoms with E-state index in [1.807, 2.05) is 13.8 Å². The lowest BCUT2D eigenvalue weighted by molar-refractivity contribution is 0.112. The first-order chi connectivity index (χ1) is 32.6. The molecule has 0 aliphatic heterocycles. The Labute approximate surface area is 396 Å². The van der Waals surface area contributed by atoms with Crippen molar-refractivity contribution in [3.63, 3.8) is 0 Å². The Kier molecular flexibility index (Phi) is 16.8. The van der Waals surface area contributed by atoms with Gasteiger partial charge in [0.05, 0.1) is 48.0 Å². The molecule has 2 aromatic carbocycles. The topological polar surface area (TPSA) is 195 Å². The summed E-state index contributed by atoms with van der Waals surface area (Å²) in [6.45, 7) is 4.49. The monoisotopic (exact) mass is 968 g/mol. The van der Waals surface area contributed by atoms with Crippen LogP contribution in [-0.2, 0) is 27.2 Å². The molecule has 1 atom stereocenters. The normalized spacial score (nSPS) is 11.3. The largest absolute Gasteiger partial charge is 0.454 e. The minimum absolute atomic E-state index is 0.0279. The molecule has 16 nitrogen and oxygen atoms in total. The standard InChI is InChI=1S/C24H22ClFN4O4.C17H17FN4O3.C7H5ClO/c1-3-4-9-30-23(32)20-19(21(31)14-5-7-15(25)8-6-14)18(13-28-22(20)29(2)24(30)33)34-17-10-16(26)11-27-12-17;1-3-4-5-22-16(23)14-7-13(10-20-15(14)21(2)17(22)24)25-12-6-11(18)8-19-9-12;8-7-3-1-6(5-9)2-4-7/h5-8,10-13,21,31H,3-4,9H2,1-2H3;6-10H,3-5H2,1-2H3;1-5H. The number of fused-ring (bicyclic) bond motifs is 2. The van der Waals surface area contributed by atoms with Crippen LogP contribution in [0, 0.1) is 11.6 Å². The van der Waals surface area contributed by atoms with Crippen LogP contribution in [0.2, 0.25) is 10.0 Å². The van der Waals surface area contributed by atoms with Crippen molar-refractivity contribution in [2.75, 3.05) is 0 Å². The van der Waals surface area contributed by atoms with Gasteiger partial charge in [-0.3, -0.25) is 42.6 Å². The summed E-state index contributed by atoms with van der Waals surface area (Å²) in [4.78, 5) is 77.3. The Morgan fingerprint density at radius 3 is 1.71 bits per heavy atom. The van der Waals surface area contributed by atoms with Gasteiger partial charge < -0.3 is 14.6 Å². The van der Waals surface area contributed by atoms with Crippen molar-refractivity contribution in [3.8, 4) is 23.0 Å². The number of ether oxygens (including phenoxy) is 2. The number of nitrogens with zero attached hydrogens (tertiary/aromatic N) is 8. The minimum Gasteiger partial charge on any atom is -0.454 e. The first-order valence-corrected chi connectivity index (χ1v) is 21.8. The number of aliphatic hydroxyl groups is 1. The van der Waals surface area contributed by atoms with Crippen LogP contribution in [0.25, 0.3) is 22.1 Å². The molecule has 6 heterocycles. The van der Waals surface area contributed by atoms with E-state index in [1.165, 1.54) is 57.7 Å². The van der Waals surface area contributed by atoms with Crippen molar-refractivity contribution in [2.45, 2.75) is 58.7 Å². The number of carbonyl (C=O) groups is 1. The molecule has 8 aromatic rings. The number of carbonyl (C=O) groups excluding carboxylic acids is 1. The Morgan fingerprint density at radius 1 is 0.662 bits per heavy atom. The smallest absolute Gasteiger partial charge is 0.332 e. The van der Waals surface area contributed by atoms with Gasteiger partial charge in [-0.2, -0.15) is 0 Å². The van der Waals surface area contributed by atoms with Gasteiger partial charge in [0.25, 0.3) is 11.1 Å². The zero-order valence-corrected chi connectivity index (χ0v) is 38.6. The van der Waals surface area contributed by atoms with Gasteiger partial charge in [0, 0.05) is 60.5 Å². The maximum absolute atomic E-state index is 13.7. The van der Waals surface area contributed by atoms with E-state index in [2.05, 4.69) is 19.9 Å². The first-order valence-electron chi connectivity index (χ1n) is 21.1. The average molecular weight is 970 g/mol. The Bertz CT molecular complexity index is 3330. The molecule has 0 spiro atoms. The summed E-state index contributed by atoms with van der Waals surface area (Å²) in [5.41, 5.74) is -0.362. The van der Waals surface area contributed by atoms with Gasteiger partial charge in [-0.05, 0) is 48.7 Å². The van der Waals surface area contributed by atoms with E-state index in [0.717, 1.165) is 48.6 Å². The molecule has 352 valence electrons. The van der Waals surface area contributed by atoms with Crippen molar-refractivity contribution in [2.24, 2.45) is 14.1 Å². The fourth-order valence-corrected chi connectivity index (χ4v) is 7.02. The molecule has 20 heteroatoms. The second kappa shape index (κ2) is 22.9.